The Labute approximate surface area is 112 Å². The zero-order valence-corrected chi connectivity index (χ0v) is 12.1. The number of carbonyl (C=O) groups is 2. The topological polar surface area (TPSA) is 68.3 Å². The van der Waals surface area contributed by atoms with E-state index in [1.807, 2.05) is 0 Å². The number of aromatic nitrogens is 1. The number of rotatable bonds is 4. The van der Waals surface area contributed by atoms with Crippen LogP contribution in [0, 0.1) is 0 Å². The van der Waals surface area contributed by atoms with Gasteiger partial charge in [0.15, 0.2) is 5.13 Å². The molecule has 0 aliphatic carbocycles. The number of methoxy groups -OCH3 is 1. The minimum absolute atomic E-state index is 0.168. The lowest BCUT2D eigenvalue weighted by Gasteiger charge is -2.13. The standard InChI is InChI=1S/C10H13BrN2O3S/c1-10(2,11)8(15)13-9-12-5-6(17-9)4-7(14)16-3/h5H,4H2,1-3H3,(H,12,13,15). The van der Waals surface area contributed by atoms with Gasteiger partial charge in [0.25, 0.3) is 0 Å². The fraction of sp³-hybridized carbons (Fsp3) is 0.500. The van der Waals surface area contributed by atoms with Crippen molar-refractivity contribution in [2.45, 2.75) is 24.6 Å². The molecule has 0 fully saturated rings. The molecular weight excluding hydrogens is 308 g/mol. The Balaban J connectivity index is 2.63. The first-order chi connectivity index (χ1) is 7.82. The molecule has 1 N–H and O–H groups in total. The molecular formula is C10H13BrN2O3S. The van der Waals surface area contributed by atoms with Crippen LogP contribution < -0.4 is 5.32 Å². The Morgan fingerprint density at radius 3 is 2.76 bits per heavy atom. The van der Waals surface area contributed by atoms with Gasteiger partial charge in [0.1, 0.15) is 0 Å². The molecule has 0 atom stereocenters. The molecule has 7 heteroatoms. The van der Waals surface area contributed by atoms with Gasteiger partial charge in [-0.15, -0.1) is 11.3 Å². The number of alkyl halides is 1. The van der Waals surface area contributed by atoms with Crippen LogP contribution in [0.3, 0.4) is 0 Å². The number of anilines is 1. The van der Waals surface area contributed by atoms with Gasteiger partial charge in [0.2, 0.25) is 5.91 Å². The number of hydrogen-bond donors (Lipinski definition) is 1. The second kappa shape index (κ2) is 5.59. The average molecular weight is 321 g/mol. The summed E-state index contributed by atoms with van der Waals surface area (Å²) >= 11 is 4.51. The number of esters is 1. The van der Waals surface area contributed by atoms with Crippen LogP contribution in [0.4, 0.5) is 5.13 Å². The molecule has 1 aromatic rings. The summed E-state index contributed by atoms with van der Waals surface area (Å²) in [5.41, 5.74) is 0. The first kappa shape index (κ1) is 14.1. The first-order valence-electron chi connectivity index (χ1n) is 4.85. The molecule has 0 unspecified atom stereocenters. The highest BCUT2D eigenvalue weighted by molar-refractivity contribution is 9.10. The SMILES string of the molecule is COC(=O)Cc1cnc(NC(=O)C(C)(C)Br)s1. The molecule has 0 aliphatic rings. The second-order valence-electron chi connectivity index (χ2n) is 3.81. The molecule has 0 saturated carbocycles. The maximum atomic E-state index is 11.6. The Kier molecular flexibility index (Phi) is 4.64. The highest BCUT2D eigenvalue weighted by Gasteiger charge is 2.24. The van der Waals surface area contributed by atoms with Crippen LogP contribution in [-0.4, -0.2) is 28.3 Å². The van der Waals surface area contributed by atoms with E-state index >= 15 is 0 Å². The Morgan fingerprint density at radius 1 is 1.59 bits per heavy atom. The van der Waals surface area contributed by atoms with Gasteiger partial charge in [-0.1, -0.05) is 15.9 Å². The molecule has 0 radical (unpaired) electrons. The molecule has 1 amide bonds. The molecule has 1 heterocycles. The summed E-state index contributed by atoms with van der Waals surface area (Å²) in [7, 11) is 1.33. The van der Waals surface area contributed by atoms with Crippen molar-refractivity contribution in [3.05, 3.63) is 11.1 Å². The lowest BCUT2D eigenvalue weighted by Crippen LogP contribution is -2.30. The predicted molar refractivity (Wildman–Crippen MR) is 69.5 cm³/mol. The van der Waals surface area contributed by atoms with Gasteiger partial charge < -0.3 is 10.1 Å². The van der Waals surface area contributed by atoms with Crippen LogP contribution in [0.1, 0.15) is 18.7 Å². The second-order valence-corrected chi connectivity index (χ2v) is 6.91. The summed E-state index contributed by atoms with van der Waals surface area (Å²) < 4.78 is 3.89. The normalized spacial score (nSPS) is 11.1. The summed E-state index contributed by atoms with van der Waals surface area (Å²) in [5, 5.41) is 3.14. The van der Waals surface area contributed by atoms with Crippen LogP contribution in [0.2, 0.25) is 0 Å². The molecule has 0 aromatic carbocycles. The number of amides is 1. The Morgan fingerprint density at radius 2 is 2.24 bits per heavy atom. The summed E-state index contributed by atoms with van der Waals surface area (Å²) in [6.45, 7) is 3.48. The average Bonchev–Trinajstić information content (AvgIpc) is 2.64. The number of thiazole rings is 1. The van der Waals surface area contributed by atoms with Gasteiger partial charge in [-0.3, -0.25) is 9.59 Å². The zero-order valence-electron chi connectivity index (χ0n) is 9.74. The lowest BCUT2D eigenvalue weighted by atomic mass is 10.2. The number of halogens is 1. The van der Waals surface area contributed by atoms with E-state index in [0.717, 1.165) is 4.88 Å². The van der Waals surface area contributed by atoms with E-state index in [0.29, 0.717) is 5.13 Å². The molecule has 0 aliphatic heterocycles. The van der Waals surface area contributed by atoms with Crippen molar-refractivity contribution in [2.75, 3.05) is 12.4 Å². The van der Waals surface area contributed by atoms with E-state index in [2.05, 4.69) is 31.0 Å². The third-order valence-corrected chi connectivity index (χ3v) is 3.13. The van der Waals surface area contributed by atoms with E-state index in [1.165, 1.54) is 18.4 Å². The zero-order chi connectivity index (χ0) is 13.1. The Bertz CT molecular complexity index is 425. The van der Waals surface area contributed by atoms with Gasteiger partial charge in [-0.2, -0.15) is 0 Å². The molecule has 94 valence electrons. The third-order valence-electron chi connectivity index (χ3n) is 1.86. The minimum atomic E-state index is -0.652. The summed E-state index contributed by atoms with van der Waals surface area (Å²) in [6.07, 6.45) is 1.72. The summed E-state index contributed by atoms with van der Waals surface area (Å²) in [4.78, 5) is 27.4. The minimum Gasteiger partial charge on any atom is -0.469 e. The summed E-state index contributed by atoms with van der Waals surface area (Å²) in [6, 6.07) is 0. The number of hydrogen-bond acceptors (Lipinski definition) is 5. The van der Waals surface area contributed by atoms with Gasteiger partial charge >= 0.3 is 5.97 Å². The van der Waals surface area contributed by atoms with E-state index in [-0.39, 0.29) is 18.3 Å². The van der Waals surface area contributed by atoms with Crippen molar-refractivity contribution in [1.82, 2.24) is 4.98 Å². The van der Waals surface area contributed by atoms with Crippen molar-refractivity contribution < 1.29 is 14.3 Å². The van der Waals surface area contributed by atoms with Crippen LogP contribution in [0.5, 0.6) is 0 Å². The molecule has 0 spiro atoms. The first-order valence-corrected chi connectivity index (χ1v) is 6.45. The number of carbonyl (C=O) groups excluding carboxylic acids is 2. The van der Waals surface area contributed by atoms with Crippen LogP contribution in [0.25, 0.3) is 0 Å². The molecule has 1 rings (SSSR count). The van der Waals surface area contributed by atoms with Gasteiger partial charge in [-0.05, 0) is 13.8 Å². The fourth-order valence-corrected chi connectivity index (χ4v) is 1.80. The fourth-order valence-electron chi connectivity index (χ4n) is 0.907. The number of nitrogens with zero attached hydrogens (tertiary/aromatic N) is 1. The van der Waals surface area contributed by atoms with Gasteiger partial charge in [-0.25, -0.2) is 4.98 Å². The highest BCUT2D eigenvalue weighted by atomic mass is 79.9. The van der Waals surface area contributed by atoms with Crippen molar-refractivity contribution in [2.24, 2.45) is 0 Å². The van der Waals surface area contributed by atoms with E-state index < -0.39 is 4.32 Å². The molecule has 0 bridgehead atoms. The smallest absolute Gasteiger partial charge is 0.310 e. The number of ether oxygens (including phenoxy) is 1. The Hall–Kier alpha value is -0.950. The van der Waals surface area contributed by atoms with Crippen molar-refractivity contribution >= 4 is 44.3 Å². The molecule has 17 heavy (non-hydrogen) atoms. The van der Waals surface area contributed by atoms with Crippen LogP contribution >= 0.6 is 27.3 Å². The summed E-state index contributed by atoms with van der Waals surface area (Å²) in [5.74, 6) is -0.510. The van der Waals surface area contributed by atoms with E-state index in [9.17, 15) is 9.59 Å². The van der Waals surface area contributed by atoms with Gasteiger partial charge in [0, 0.05) is 11.1 Å². The lowest BCUT2D eigenvalue weighted by molar-refractivity contribution is -0.139. The van der Waals surface area contributed by atoms with E-state index in [4.69, 9.17) is 0 Å². The molecule has 1 aromatic heterocycles. The van der Waals surface area contributed by atoms with Gasteiger partial charge in [0.05, 0.1) is 17.9 Å². The maximum Gasteiger partial charge on any atom is 0.310 e. The maximum absolute atomic E-state index is 11.6. The van der Waals surface area contributed by atoms with Crippen LogP contribution in [-0.2, 0) is 20.7 Å². The predicted octanol–water partition coefficient (Wildman–Crippen LogP) is 1.97. The molecule has 5 nitrogen and oxygen atoms in total. The molecule has 0 saturated heterocycles. The largest absolute Gasteiger partial charge is 0.469 e. The quantitative estimate of drug-likeness (QED) is 0.680. The number of nitrogens with one attached hydrogen (secondary N) is 1. The van der Waals surface area contributed by atoms with Crippen molar-refractivity contribution in [3.8, 4) is 0 Å². The highest BCUT2D eigenvalue weighted by Crippen LogP contribution is 2.22. The van der Waals surface area contributed by atoms with E-state index in [1.54, 1.807) is 20.0 Å². The third kappa shape index (κ3) is 4.43. The van der Waals surface area contributed by atoms with Crippen LogP contribution in [0.15, 0.2) is 6.20 Å². The van der Waals surface area contributed by atoms with Crippen molar-refractivity contribution in [3.63, 3.8) is 0 Å². The van der Waals surface area contributed by atoms with Crippen molar-refractivity contribution in [1.29, 1.82) is 0 Å². The monoisotopic (exact) mass is 320 g/mol.